The summed E-state index contributed by atoms with van der Waals surface area (Å²) in [6, 6.07) is 6.76. The van der Waals surface area contributed by atoms with E-state index in [9.17, 15) is 9.59 Å². The molecule has 0 unspecified atom stereocenters. The van der Waals surface area contributed by atoms with Crippen molar-refractivity contribution in [1.82, 2.24) is 0 Å². The summed E-state index contributed by atoms with van der Waals surface area (Å²) in [4.78, 5) is 23.1. The van der Waals surface area contributed by atoms with Gasteiger partial charge in [-0.3, -0.25) is 4.79 Å². The van der Waals surface area contributed by atoms with Crippen molar-refractivity contribution in [1.29, 1.82) is 0 Å². The molecule has 0 bridgehead atoms. The Morgan fingerprint density at radius 1 is 1.33 bits per heavy atom. The van der Waals surface area contributed by atoms with E-state index in [2.05, 4.69) is 5.32 Å². The number of carbonyl (C=O) groups is 2. The second kappa shape index (κ2) is 6.79. The van der Waals surface area contributed by atoms with E-state index in [-0.39, 0.29) is 18.0 Å². The summed E-state index contributed by atoms with van der Waals surface area (Å²) in [5.74, 6) is -0.427. The molecule has 1 aromatic rings. The molecule has 0 aliphatic heterocycles. The van der Waals surface area contributed by atoms with Gasteiger partial charge in [-0.05, 0) is 38.5 Å². The summed E-state index contributed by atoms with van der Waals surface area (Å²) in [5.41, 5.74) is 1.06. The molecule has 1 amide bonds. The van der Waals surface area contributed by atoms with Gasteiger partial charge in [0.05, 0.1) is 11.7 Å². The molecule has 0 saturated carbocycles. The molecule has 1 N–H and O–H groups in total. The summed E-state index contributed by atoms with van der Waals surface area (Å²) < 4.78 is 5.09. The van der Waals surface area contributed by atoms with E-state index >= 15 is 0 Å². The summed E-state index contributed by atoms with van der Waals surface area (Å²) >= 11 is 0. The maximum absolute atomic E-state index is 11.7. The van der Waals surface area contributed by atoms with Gasteiger partial charge in [-0.1, -0.05) is 13.0 Å². The number of anilines is 1. The number of carbonyl (C=O) groups excluding carboxylic acids is 2. The van der Waals surface area contributed by atoms with Crippen molar-refractivity contribution >= 4 is 17.6 Å². The van der Waals surface area contributed by atoms with Crippen LogP contribution < -0.4 is 5.32 Å². The first-order valence-electron chi connectivity index (χ1n) is 6.13. The minimum Gasteiger partial charge on any atom is -0.459 e. The Hall–Kier alpha value is -1.84. The van der Waals surface area contributed by atoms with Crippen molar-refractivity contribution in [2.24, 2.45) is 0 Å². The topological polar surface area (TPSA) is 55.4 Å². The van der Waals surface area contributed by atoms with Crippen LogP contribution in [0.1, 0.15) is 44.0 Å². The van der Waals surface area contributed by atoms with Gasteiger partial charge in [0, 0.05) is 12.1 Å². The zero-order chi connectivity index (χ0) is 13.5. The third kappa shape index (κ3) is 4.57. The van der Waals surface area contributed by atoms with E-state index in [0.717, 1.165) is 6.42 Å². The van der Waals surface area contributed by atoms with Crippen LogP contribution in [0, 0.1) is 0 Å². The molecule has 18 heavy (non-hydrogen) atoms. The highest BCUT2D eigenvalue weighted by Crippen LogP contribution is 2.13. The zero-order valence-electron chi connectivity index (χ0n) is 11.0. The highest BCUT2D eigenvalue weighted by molar-refractivity contribution is 5.94. The standard InChI is InChI=1S/C14H19NO3/c1-4-6-13(16)15-12-8-5-7-11(9-12)14(17)18-10(2)3/h5,7-10H,4,6H2,1-3H3,(H,15,16). The van der Waals surface area contributed by atoms with Crippen LogP contribution in [0.2, 0.25) is 0 Å². The maximum atomic E-state index is 11.7. The van der Waals surface area contributed by atoms with E-state index in [4.69, 9.17) is 4.74 Å². The van der Waals surface area contributed by atoms with Crippen LogP contribution in [0.25, 0.3) is 0 Å². The first kappa shape index (κ1) is 14.2. The van der Waals surface area contributed by atoms with Crippen molar-refractivity contribution in [3.63, 3.8) is 0 Å². The first-order chi connectivity index (χ1) is 8.52. The summed E-state index contributed by atoms with van der Waals surface area (Å²) in [5, 5.41) is 2.74. The van der Waals surface area contributed by atoms with Crippen molar-refractivity contribution < 1.29 is 14.3 Å². The summed E-state index contributed by atoms with van der Waals surface area (Å²) in [6.45, 7) is 5.53. The summed E-state index contributed by atoms with van der Waals surface area (Å²) in [7, 11) is 0. The fourth-order valence-corrected chi connectivity index (χ4v) is 1.46. The van der Waals surface area contributed by atoms with Gasteiger partial charge in [0.25, 0.3) is 0 Å². The second-order valence-electron chi connectivity index (χ2n) is 4.33. The molecular formula is C14H19NO3. The lowest BCUT2D eigenvalue weighted by molar-refractivity contribution is -0.116. The van der Waals surface area contributed by atoms with Crippen LogP contribution >= 0.6 is 0 Å². The van der Waals surface area contributed by atoms with Crippen molar-refractivity contribution in [3.8, 4) is 0 Å². The average Bonchev–Trinajstić information content (AvgIpc) is 2.28. The lowest BCUT2D eigenvalue weighted by Crippen LogP contribution is -2.13. The number of rotatable bonds is 5. The molecular weight excluding hydrogens is 230 g/mol. The van der Waals surface area contributed by atoms with Gasteiger partial charge >= 0.3 is 5.97 Å². The minimum absolute atomic E-state index is 0.0492. The van der Waals surface area contributed by atoms with Crippen LogP contribution in [0.15, 0.2) is 24.3 Å². The van der Waals surface area contributed by atoms with Crippen molar-refractivity contribution in [2.45, 2.75) is 39.7 Å². The third-order valence-corrected chi connectivity index (χ3v) is 2.20. The first-order valence-corrected chi connectivity index (χ1v) is 6.13. The highest BCUT2D eigenvalue weighted by atomic mass is 16.5. The number of hydrogen-bond acceptors (Lipinski definition) is 3. The SMILES string of the molecule is CCCC(=O)Nc1cccc(C(=O)OC(C)C)c1. The van der Waals surface area contributed by atoms with Gasteiger partial charge in [0.2, 0.25) is 5.91 Å². The van der Waals surface area contributed by atoms with Gasteiger partial charge in [-0.25, -0.2) is 4.79 Å². The van der Waals surface area contributed by atoms with Crippen LogP contribution in [0.5, 0.6) is 0 Å². The van der Waals surface area contributed by atoms with Gasteiger partial charge in [0.1, 0.15) is 0 Å². The quantitative estimate of drug-likeness (QED) is 0.816. The number of ether oxygens (including phenoxy) is 1. The Bertz CT molecular complexity index is 427. The van der Waals surface area contributed by atoms with Crippen LogP contribution in [-0.2, 0) is 9.53 Å². The fourth-order valence-electron chi connectivity index (χ4n) is 1.46. The van der Waals surface area contributed by atoms with Crippen molar-refractivity contribution in [3.05, 3.63) is 29.8 Å². The Morgan fingerprint density at radius 2 is 2.06 bits per heavy atom. The Balaban J connectivity index is 2.73. The molecule has 0 saturated heterocycles. The molecule has 4 nitrogen and oxygen atoms in total. The van der Waals surface area contributed by atoms with Gasteiger partial charge in [-0.2, -0.15) is 0 Å². The molecule has 0 radical (unpaired) electrons. The number of hydrogen-bond donors (Lipinski definition) is 1. The van der Waals surface area contributed by atoms with Gasteiger partial charge in [-0.15, -0.1) is 0 Å². The van der Waals surface area contributed by atoms with E-state index < -0.39 is 0 Å². The van der Waals surface area contributed by atoms with Crippen LogP contribution in [0.3, 0.4) is 0 Å². The molecule has 98 valence electrons. The smallest absolute Gasteiger partial charge is 0.338 e. The van der Waals surface area contributed by atoms with E-state index in [1.807, 2.05) is 6.92 Å². The molecule has 4 heteroatoms. The van der Waals surface area contributed by atoms with E-state index in [1.54, 1.807) is 38.1 Å². The molecule has 0 spiro atoms. The predicted octanol–water partition coefficient (Wildman–Crippen LogP) is 2.99. The normalized spacial score (nSPS) is 10.2. The average molecular weight is 249 g/mol. The molecule has 1 aromatic carbocycles. The second-order valence-corrected chi connectivity index (χ2v) is 4.33. The lowest BCUT2D eigenvalue weighted by atomic mass is 10.2. The predicted molar refractivity (Wildman–Crippen MR) is 70.5 cm³/mol. The third-order valence-electron chi connectivity index (χ3n) is 2.20. The van der Waals surface area contributed by atoms with Gasteiger partial charge in [0.15, 0.2) is 0 Å². The molecule has 1 rings (SSSR count). The largest absolute Gasteiger partial charge is 0.459 e. The highest BCUT2D eigenvalue weighted by Gasteiger charge is 2.10. The number of amides is 1. The summed E-state index contributed by atoms with van der Waals surface area (Å²) in [6.07, 6.45) is 1.11. The molecule has 0 aliphatic rings. The van der Waals surface area contributed by atoms with Crippen LogP contribution in [-0.4, -0.2) is 18.0 Å². The van der Waals surface area contributed by atoms with Gasteiger partial charge < -0.3 is 10.1 Å². The van der Waals surface area contributed by atoms with Crippen LogP contribution in [0.4, 0.5) is 5.69 Å². The Morgan fingerprint density at radius 3 is 2.67 bits per heavy atom. The molecule has 0 fully saturated rings. The lowest BCUT2D eigenvalue weighted by Gasteiger charge is -2.09. The Labute approximate surface area is 107 Å². The Kier molecular flexibility index (Phi) is 5.36. The fraction of sp³-hybridized carbons (Fsp3) is 0.429. The zero-order valence-corrected chi connectivity index (χ0v) is 11.0. The molecule has 0 atom stereocenters. The van der Waals surface area contributed by atoms with Crippen molar-refractivity contribution in [2.75, 3.05) is 5.32 Å². The van der Waals surface area contributed by atoms with E-state index in [0.29, 0.717) is 17.7 Å². The maximum Gasteiger partial charge on any atom is 0.338 e. The van der Waals surface area contributed by atoms with E-state index in [1.165, 1.54) is 0 Å². The monoisotopic (exact) mass is 249 g/mol. The molecule has 0 heterocycles. The molecule has 0 aromatic heterocycles. The number of nitrogens with one attached hydrogen (secondary N) is 1. The molecule has 0 aliphatic carbocycles. The number of esters is 1. The number of benzene rings is 1. The minimum atomic E-state index is -0.378.